The molecule has 1 heterocycles. The molecule has 0 saturated heterocycles. The monoisotopic (exact) mass is 660 g/mol. The van der Waals surface area contributed by atoms with Gasteiger partial charge in [0, 0.05) is 0 Å². The molecule has 47 heavy (non-hydrogen) atoms. The van der Waals surface area contributed by atoms with Crippen LogP contribution in [0.25, 0.3) is 0 Å². The second-order valence-electron chi connectivity index (χ2n) is 17.4. The van der Waals surface area contributed by atoms with E-state index in [1.54, 1.807) is 6.92 Å². The number of carbonyl (C=O) groups is 3. The zero-order valence-electron chi connectivity index (χ0n) is 28.4. The second-order valence-corrected chi connectivity index (χ2v) is 17.4. The van der Waals surface area contributed by atoms with Crippen LogP contribution in [0.5, 0.6) is 0 Å². The summed E-state index contributed by atoms with van der Waals surface area (Å²) in [7, 11) is 0. The molecule has 6 N–H and O–H groups in total. The fourth-order valence-electron chi connectivity index (χ4n) is 11.9. The van der Waals surface area contributed by atoms with Crippen molar-refractivity contribution >= 4 is 17.9 Å². The highest BCUT2D eigenvalue weighted by atomic mass is 16.7. The third-order valence-corrected chi connectivity index (χ3v) is 14.8. The Balaban J connectivity index is 1.37. The Kier molecular flexibility index (Phi) is 7.88. The fourth-order valence-corrected chi connectivity index (χ4v) is 11.9. The summed E-state index contributed by atoms with van der Waals surface area (Å²) in [6.07, 6.45) is 1.27. The minimum Gasteiger partial charge on any atom is -0.481 e. The normalized spacial score (nSPS) is 50.2. The van der Waals surface area contributed by atoms with Gasteiger partial charge in [0.2, 0.25) is 12.0 Å². The van der Waals surface area contributed by atoms with Crippen molar-refractivity contribution in [2.24, 2.45) is 50.2 Å². The Morgan fingerprint density at radius 3 is 2.13 bits per heavy atom. The number of aliphatic hydroxyl groups is 3. The van der Waals surface area contributed by atoms with Gasteiger partial charge in [-0.2, -0.15) is 0 Å². The number of ether oxygens (including phenoxy) is 2. The summed E-state index contributed by atoms with van der Waals surface area (Å²) in [6, 6.07) is 0. The molecule has 0 spiro atoms. The van der Waals surface area contributed by atoms with Gasteiger partial charge in [-0.05, 0) is 110 Å². The first-order valence-electron chi connectivity index (χ1n) is 17.2. The van der Waals surface area contributed by atoms with Crippen LogP contribution in [0.15, 0.2) is 23.5 Å². The Labute approximate surface area is 276 Å². The Bertz CT molecular complexity index is 1420. The number of hydrogen-bond acceptors (Lipinski definition) is 8. The fraction of sp³-hybridized carbons (Fsp3) is 0.806. The molecule has 11 nitrogen and oxygen atoms in total. The molecule has 0 aromatic rings. The number of allylic oxidation sites excluding steroid dienone is 2. The van der Waals surface area contributed by atoms with E-state index < -0.39 is 76.5 Å². The lowest BCUT2D eigenvalue weighted by Gasteiger charge is -2.71. The molecular formula is C36H52O11. The molecule has 0 bridgehead atoms. The number of rotatable bonds is 5. The smallest absolute Gasteiger partial charge is 0.371 e. The molecule has 13 atom stereocenters. The van der Waals surface area contributed by atoms with Crippen LogP contribution in [-0.2, 0) is 23.9 Å². The zero-order chi connectivity index (χ0) is 34.7. The van der Waals surface area contributed by atoms with Gasteiger partial charge >= 0.3 is 17.9 Å². The number of hydrogen-bond donors (Lipinski definition) is 6. The van der Waals surface area contributed by atoms with Gasteiger partial charge < -0.3 is 40.1 Å². The summed E-state index contributed by atoms with van der Waals surface area (Å²) in [5, 5.41) is 63.6. The van der Waals surface area contributed by atoms with Crippen molar-refractivity contribution in [1.29, 1.82) is 0 Å². The van der Waals surface area contributed by atoms with Gasteiger partial charge in [0.25, 0.3) is 0 Å². The van der Waals surface area contributed by atoms with E-state index in [1.807, 2.05) is 0 Å². The molecular weight excluding hydrogens is 608 g/mol. The topological polar surface area (TPSA) is 191 Å². The summed E-state index contributed by atoms with van der Waals surface area (Å²) in [6.45, 7) is 12.7. The van der Waals surface area contributed by atoms with Gasteiger partial charge in [-0.3, -0.25) is 9.59 Å². The van der Waals surface area contributed by atoms with Crippen LogP contribution in [0.3, 0.4) is 0 Å². The molecule has 5 aliphatic carbocycles. The Morgan fingerprint density at radius 2 is 1.51 bits per heavy atom. The predicted octanol–water partition coefficient (Wildman–Crippen LogP) is 4.34. The van der Waals surface area contributed by atoms with E-state index >= 15 is 0 Å². The highest BCUT2D eigenvalue weighted by Gasteiger charge is 2.72. The highest BCUT2D eigenvalue weighted by molar-refractivity contribution is 5.84. The van der Waals surface area contributed by atoms with Gasteiger partial charge in [0.05, 0.1) is 16.9 Å². The molecule has 0 unspecified atom stereocenters. The second kappa shape index (κ2) is 10.8. The van der Waals surface area contributed by atoms with Crippen molar-refractivity contribution in [2.45, 2.75) is 130 Å². The van der Waals surface area contributed by atoms with Crippen molar-refractivity contribution in [3.63, 3.8) is 0 Å². The van der Waals surface area contributed by atoms with Gasteiger partial charge in [0.15, 0.2) is 0 Å². The molecule has 6 aliphatic rings. The zero-order valence-corrected chi connectivity index (χ0v) is 28.4. The number of aliphatic hydroxyl groups excluding tert-OH is 3. The van der Waals surface area contributed by atoms with E-state index in [-0.39, 0.29) is 34.5 Å². The van der Waals surface area contributed by atoms with E-state index in [0.29, 0.717) is 32.1 Å². The molecule has 4 saturated carbocycles. The summed E-state index contributed by atoms with van der Waals surface area (Å²) in [4.78, 5) is 37.9. The quantitative estimate of drug-likeness (QED) is 0.230. The molecule has 11 heteroatoms. The molecule has 0 radical (unpaired) electrons. The molecule has 0 aromatic carbocycles. The number of carboxylic acids is 3. The van der Waals surface area contributed by atoms with Gasteiger partial charge in [0.1, 0.15) is 18.3 Å². The maximum absolute atomic E-state index is 13.3. The highest BCUT2D eigenvalue weighted by Crippen LogP contribution is 2.76. The molecule has 1 aliphatic heterocycles. The van der Waals surface area contributed by atoms with Gasteiger partial charge in [-0.1, -0.05) is 46.3 Å². The number of carboxylic acid groups (broad SMARTS) is 3. The van der Waals surface area contributed by atoms with E-state index in [0.717, 1.165) is 25.3 Å². The standard InChI is InChI=1S/C36H52O11/c1-31(2)11-13-36(30(44)45)14-12-33(4)18(19(36)16-31)7-8-23-32(3)17-21(38)26(35(6,29(42)43)24(32)9-10-34(23,33)5)47-28-25(39)20(37)15-22(46-28)27(40)41/h7,15,19-21,23-26,28,37-39H,8-14,16-17H2,1-6H3,(H,40,41)(H,42,43)(H,44,45)/t19-,20-,21-,23+,24+,25+,26-,28-,32+,33+,34+,35-,36-/m0/s1. The minimum absolute atomic E-state index is 0.00871. The average Bonchev–Trinajstić information content (AvgIpc) is 2.96. The average molecular weight is 661 g/mol. The van der Waals surface area contributed by atoms with Crippen LogP contribution in [0.1, 0.15) is 99.3 Å². The predicted molar refractivity (Wildman–Crippen MR) is 168 cm³/mol. The minimum atomic E-state index is -1.70. The summed E-state index contributed by atoms with van der Waals surface area (Å²) < 4.78 is 11.4. The van der Waals surface area contributed by atoms with Crippen LogP contribution >= 0.6 is 0 Å². The number of aliphatic carboxylic acids is 3. The third kappa shape index (κ3) is 4.62. The van der Waals surface area contributed by atoms with Crippen LogP contribution in [0.4, 0.5) is 0 Å². The van der Waals surface area contributed by atoms with Gasteiger partial charge in [-0.15, -0.1) is 0 Å². The summed E-state index contributed by atoms with van der Waals surface area (Å²) in [5.74, 6) is -4.51. The van der Waals surface area contributed by atoms with Crippen molar-refractivity contribution in [2.75, 3.05) is 0 Å². The van der Waals surface area contributed by atoms with Gasteiger partial charge in [-0.25, -0.2) is 4.79 Å². The molecule has 4 fully saturated rings. The first-order chi connectivity index (χ1) is 21.7. The first-order valence-corrected chi connectivity index (χ1v) is 17.2. The lowest BCUT2D eigenvalue weighted by Crippen LogP contribution is -2.69. The van der Waals surface area contributed by atoms with Crippen LogP contribution in [-0.4, -0.2) is 79.3 Å². The van der Waals surface area contributed by atoms with Crippen molar-refractivity contribution in [3.8, 4) is 0 Å². The molecule has 0 aromatic heterocycles. The van der Waals surface area contributed by atoms with Crippen LogP contribution in [0.2, 0.25) is 0 Å². The van der Waals surface area contributed by atoms with E-state index in [1.165, 1.54) is 5.57 Å². The van der Waals surface area contributed by atoms with Crippen LogP contribution < -0.4 is 0 Å². The molecule has 262 valence electrons. The van der Waals surface area contributed by atoms with Crippen molar-refractivity contribution < 1.29 is 54.5 Å². The summed E-state index contributed by atoms with van der Waals surface area (Å²) in [5.41, 5.74) is -2.35. The Morgan fingerprint density at radius 1 is 0.851 bits per heavy atom. The SMILES string of the molecule is CC1(C)CC[C@]2(C(=O)O)CC[C@]3(C)C(=CC[C@@H]4[C@@]5(C)C[C@H](O)[C@H](O[C@@H]6OC(C(=O)O)=C[C@H](O)[C@H]6O)[C@@](C)(C(=O)O)[C@@H]5CC[C@]43C)[C@@H]2C1. The maximum atomic E-state index is 13.3. The van der Waals surface area contributed by atoms with Crippen LogP contribution in [0, 0.1) is 50.2 Å². The lowest BCUT2D eigenvalue weighted by atomic mass is 9.33. The third-order valence-electron chi connectivity index (χ3n) is 14.8. The number of fused-ring (bicyclic) bond motifs is 7. The van der Waals surface area contributed by atoms with E-state index in [4.69, 9.17) is 9.47 Å². The Hall–Kier alpha value is -2.47. The largest absolute Gasteiger partial charge is 0.481 e. The lowest BCUT2D eigenvalue weighted by molar-refractivity contribution is -0.296. The van der Waals surface area contributed by atoms with Crippen molar-refractivity contribution in [3.05, 3.63) is 23.5 Å². The van der Waals surface area contributed by atoms with Crippen molar-refractivity contribution in [1.82, 2.24) is 0 Å². The molecule has 6 rings (SSSR count). The maximum Gasteiger partial charge on any atom is 0.371 e. The first kappa shape index (κ1) is 34.4. The van der Waals surface area contributed by atoms with E-state index in [9.17, 15) is 45.0 Å². The summed E-state index contributed by atoms with van der Waals surface area (Å²) >= 11 is 0. The van der Waals surface area contributed by atoms with E-state index in [2.05, 4.69) is 40.7 Å². The molecule has 0 amide bonds.